The molecule has 0 aromatic heterocycles. The van der Waals surface area contributed by atoms with Gasteiger partial charge in [0.1, 0.15) is 5.82 Å². The molecule has 0 aliphatic rings. The third-order valence-corrected chi connectivity index (χ3v) is 2.03. The van der Waals surface area contributed by atoms with Crippen LogP contribution in [0.4, 0.5) is 17.6 Å². The monoisotopic (exact) mass is 249 g/mol. The second kappa shape index (κ2) is 5.65. The predicted molar refractivity (Wildman–Crippen MR) is 54.0 cm³/mol. The molecule has 1 aromatic carbocycles. The Morgan fingerprint density at radius 3 is 2.29 bits per heavy atom. The highest BCUT2D eigenvalue weighted by Crippen LogP contribution is 2.20. The van der Waals surface area contributed by atoms with Crippen LogP contribution in [0.3, 0.4) is 0 Å². The minimum atomic E-state index is -4.21. The molecule has 1 aromatic rings. The van der Waals surface area contributed by atoms with Crippen molar-refractivity contribution in [3.05, 3.63) is 35.6 Å². The van der Waals surface area contributed by atoms with Crippen LogP contribution in [-0.2, 0) is 0 Å². The molecule has 1 N–H and O–H groups in total. The van der Waals surface area contributed by atoms with Crippen molar-refractivity contribution in [2.75, 3.05) is 6.54 Å². The van der Waals surface area contributed by atoms with Gasteiger partial charge in [0.25, 0.3) is 5.91 Å². The zero-order valence-corrected chi connectivity index (χ0v) is 8.85. The van der Waals surface area contributed by atoms with E-state index >= 15 is 0 Å². The average Bonchev–Trinajstić information content (AvgIpc) is 2.24. The van der Waals surface area contributed by atoms with Crippen LogP contribution in [0.25, 0.3) is 0 Å². The molecule has 1 rings (SSSR count). The van der Waals surface area contributed by atoms with Gasteiger partial charge in [0.05, 0.1) is 0 Å². The van der Waals surface area contributed by atoms with Crippen molar-refractivity contribution < 1.29 is 22.4 Å². The lowest BCUT2D eigenvalue weighted by molar-refractivity contribution is -0.135. The van der Waals surface area contributed by atoms with E-state index in [9.17, 15) is 22.4 Å². The summed E-state index contributed by atoms with van der Waals surface area (Å²) in [6.45, 7) is -0.0598. The summed E-state index contributed by atoms with van der Waals surface area (Å²) >= 11 is 0. The number of rotatable bonds is 4. The Morgan fingerprint density at radius 2 is 1.76 bits per heavy atom. The number of halogens is 4. The summed E-state index contributed by atoms with van der Waals surface area (Å²) in [5.41, 5.74) is 0.221. The second-order valence-corrected chi connectivity index (χ2v) is 3.48. The summed E-state index contributed by atoms with van der Waals surface area (Å²) in [6.07, 6.45) is -5.31. The van der Waals surface area contributed by atoms with Gasteiger partial charge in [0, 0.05) is 18.5 Å². The molecule has 0 atom stereocenters. The summed E-state index contributed by atoms with van der Waals surface area (Å²) in [5.74, 6) is -0.981. The van der Waals surface area contributed by atoms with E-state index in [1.165, 1.54) is 12.1 Å². The Hall–Kier alpha value is -1.59. The molecular weight excluding hydrogens is 238 g/mol. The fourth-order valence-corrected chi connectivity index (χ4v) is 1.19. The van der Waals surface area contributed by atoms with E-state index in [2.05, 4.69) is 5.32 Å². The molecule has 0 bridgehead atoms. The predicted octanol–water partition coefficient (Wildman–Crippen LogP) is 2.90. The third-order valence-electron chi connectivity index (χ3n) is 2.03. The number of hydrogen-bond acceptors (Lipinski definition) is 1. The quantitative estimate of drug-likeness (QED) is 0.645. The number of carbonyl (C=O) groups excluding carboxylic acids is 1. The fourth-order valence-electron chi connectivity index (χ4n) is 1.19. The van der Waals surface area contributed by atoms with Crippen LogP contribution in [0.5, 0.6) is 0 Å². The molecule has 0 heterocycles. The van der Waals surface area contributed by atoms with Crippen molar-refractivity contribution in [1.29, 1.82) is 0 Å². The largest absolute Gasteiger partial charge is 0.389 e. The molecule has 0 saturated carbocycles. The molecule has 6 heteroatoms. The number of benzene rings is 1. The highest BCUT2D eigenvalue weighted by Gasteiger charge is 2.25. The van der Waals surface area contributed by atoms with Crippen molar-refractivity contribution >= 4 is 5.91 Å². The molecule has 0 aliphatic carbocycles. The van der Waals surface area contributed by atoms with Gasteiger partial charge in [-0.3, -0.25) is 4.79 Å². The molecule has 0 saturated heterocycles. The normalized spacial score (nSPS) is 11.3. The van der Waals surface area contributed by atoms with E-state index in [4.69, 9.17) is 0 Å². The lowest BCUT2D eigenvalue weighted by Crippen LogP contribution is -2.25. The SMILES string of the molecule is O=C(NCCCC(F)(F)F)c1ccc(F)cc1. The minimum Gasteiger partial charge on any atom is -0.352 e. The minimum absolute atomic E-state index is 0.0598. The van der Waals surface area contributed by atoms with Crippen molar-refractivity contribution in [1.82, 2.24) is 5.32 Å². The molecule has 2 nitrogen and oxygen atoms in total. The lowest BCUT2D eigenvalue weighted by Gasteiger charge is -2.07. The highest BCUT2D eigenvalue weighted by atomic mass is 19.4. The zero-order valence-electron chi connectivity index (χ0n) is 8.85. The first-order valence-corrected chi connectivity index (χ1v) is 4.99. The van der Waals surface area contributed by atoms with Crippen LogP contribution < -0.4 is 5.32 Å². The molecular formula is C11H11F4NO. The number of carbonyl (C=O) groups is 1. The summed E-state index contributed by atoms with van der Waals surface area (Å²) < 4.78 is 47.9. The molecule has 94 valence electrons. The molecule has 1 amide bonds. The first-order chi connectivity index (χ1) is 7.88. The fraction of sp³-hybridized carbons (Fsp3) is 0.364. The Morgan fingerprint density at radius 1 is 1.18 bits per heavy atom. The summed E-state index contributed by atoms with van der Waals surface area (Å²) in [5, 5.41) is 2.33. The maximum Gasteiger partial charge on any atom is 0.389 e. The van der Waals surface area contributed by atoms with Crippen molar-refractivity contribution in [2.24, 2.45) is 0 Å². The Labute approximate surface area is 95.6 Å². The van der Waals surface area contributed by atoms with E-state index in [0.29, 0.717) is 0 Å². The molecule has 17 heavy (non-hydrogen) atoms. The number of hydrogen-bond donors (Lipinski definition) is 1. The maximum atomic E-state index is 12.5. The number of amides is 1. The van der Waals surface area contributed by atoms with Crippen LogP contribution in [-0.4, -0.2) is 18.6 Å². The smallest absolute Gasteiger partial charge is 0.352 e. The average molecular weight is 249 g/mol. The van der Waals surface area contributed by atoms with Crippen molar-refractivity contribution in [2.45, 2.75) is 19.0 Å². The van der Waals surface area contributed by atoms with Gasteiger partial charge in [0.2, 0.25) is 0 Å². The first kappa shape index (κ1) is 13.5. The molecule has 0 spiro atoms. The third kappa shape index (κ3) is 5.33. The van der Waals surface area contributed by atoms with Gasteiger partial charge < -0.3 is 5.32 Å². The van der Waals surface area contributed by atoms with E-state index in [0.717, 1.165) is 12.1 Å². The zero-order chi connectivity index (χ0) is 12.9. The van der Waals surface area contributed by atoms with Crippen LogP contribution in [0.1, 0.15) is 23.2 Å². The maximum absolute atomic E-state index is 12.5. The van der Waals surface area contributed by atoms with Crippen molar-refractivity contribution in [3.8, 4) is 0 Å². The highest BCUT2D eigenvalue weighted by molar-refractivity contribution is 5.94. The van der Waals surface area contributed by atoms with Crippen LogP contribution in [0.15, 0.2) is 24.3 Å². The number of alkyl halides is 3. The first-order valence-electron chi connectivity index (χ1n) is 4.99. The van der Waals surface area contributed by atoms with Gasteiger partial charge in [-0.1, -0.05) is 0 Å². The molecule has 0 radical (unpaired) electrons. The topological polar surface area (TPSA) is 29.1 Å². The summed E-state index contributed by atoms with van der Waals surface area (Å²) in [4.78, 5) is 11.4. The molecule has 0 fully saturated rings. The van der Waals surface area contributed by atoms with Crippen LogP contribution in [0.2, 0.25) is 0 Å². The van der Waals surface area contributed by atoms with E-state index in [1.807, 2.05) is 0 Å². The van der Waals surface area contributed by atoms with E-state index in [-0.39, 0.29) is 18.5 Å². The van der Waals surface area contributed by atoms with E-state index in [1.54, 1.807) is 0 Å². The Bertz CT molecular complexity index is 372. The Kier molecular flexibility index (Phi) is 4.48. The van der Waals surface area contributed by atoms with Gasteiger partial charge in [-0.05, 0) is 30.7 Å². The van der Waals surface area contributed by atoms with Crippen LogP contribution in [0, 0.1) is 5.82 Å². The Balaban J connectivity index is 2.33. The summed E-state index contributed by atoms with van der Waals surface area (Å²) in [6, 6.07) is 4.78. The van der Waals surface area contributed by atoms with E-state index < -0.39 is 24.3 Å². The van der Waals surface area contributed by atoms with Gasteiger partial charge in [-0.15, -0.1) is 0 Å². The van der Waals surface area contributed by atoms with Gasteiger partial charge in [-0.25, -0.2) is 4.39 Å². The summed E-state index contributed by atoms with van der Waals surface area (Å²) in [7, 11) is 0. The lowest BCUT2D eigenvalue weighted by atomic mass is 10.2. The van der Waals surface area contributed by atoms with Gasteiger partial charge in [0.15, 0.2) is 0 Å². The molecule has 0 aliphatic heterocycles. The standard InChI is InChI=1S/C11H11F4NO/c12-9-4-2-8(3-5-9)10(17)16-7-1-6-11(13,14)15/h2-5H,1,6-7H2,(H,16,17). The van der Waals surface area contributed by atoms with Gasteiger partial charge >= 0.3 is 6.18 Å². The number of nitrogens with one attached hydrogen (secondary N) is 1. The van der Waals surface area contributed by atoms with Crippen LogP contribution >= 0.6 is 0 Å². The second-order valence-electron chi connectivity index (χ2n) is 3.48. The van der Waals surface area contributed by atoms with Gasteiger partial charge in [-0.2, -0.15) is 13.2 Å². The van der Waals surface area contributed by atoms with Crippen molar-refractivity contribution in [3.63, 3.8) is 0 Å². The molecule has 0 unspecified atom stereocenters.